The molecule has 0 unspecified atom stereocenters. The molecule has 0 aliphatic rings. The topological polar surface area (TPSA) is 108 Å². The summed E-state index contributed by atoms with van der Waals surface area (Å²) in [6, 6.07) is 9.31. The Hall–Kier alpha value is -3.31. The first-order valence-electron chi connectivity index (χ1n) is 8.51. The molecular formula is C19H17F3N4O3S. The van der Waals surface area contributed by atoms with Crippen molar-refractivity contribution in [1.29, 1.82) is 0 Å². The van der Waals surface area contributed by atoms with Gasteiger partial charge in [-0.3, -0.25) is 0 Å². The van der Waals surface area contributed by atoms with Crippen LogP contribution in [0.25, 0.3) is 11.3 Å². The summed E-state index contributed by atoms with van der Waals surface area (Å²) in [4.78, 5) is 18.5. The Morgan fingerprint density at radius 2 is 1.93 bits per heavy atom. The van der Waals surface area contributed by atoms with Gasteiger partial charge in [0.1, 0.15) is 17.3 Å². The van der Waals surface area contributed by atoms with E-state index in [0.717, 1.165) is 18.3 Å². The average Bonchev–Trinajstić information content (AvgIpc) is 2.62. The van der Waals surface area contributed by atoms with Crippen LogP contribution in [0.3, 0.4) is 0 Å². The van der Waals surface area contributed by atoms with Gasteiger partial charge in [0, 0.05) is 23.1 Å². The van der Waals surface area contributed by atoms with Crippen LogP contribution in [0, 0.1) is 17.5 Å². The highest BCUT2D eigenvalue weighted by molar-refractivity contribution is 7.98. The van der Waals surface area contributed by atoms with Crippen molar-refractivity contribution < 1.29 is 27.6 Å². The second-order valence-corrected chi connectivity index (χ2v) is 9.16. The minimum Gasteiger partial charge on any atom is -0.463 e. The van der Waals surface area contributed by atoms with Gasteiger partial charge in [-0.2, -0.15) is 4.36 Å². The largest absolute Gasteiger partial charge is 0.463 e. The van der Waals surface area contributed by atoms with E-state index in [-0.39, 0.29) is 23.0 Å². The molecule has 3 N–H and O–H groups in total. The molecule has 1 amide bonds. The fraction of sp³-hybridized carbons (Fsp3) is 0.105. The van der Waals surface area contributed by atoms with E-state index in [1.54, 1.807) is 24.3 Å². The van der Waals surface area contributed by atoms with E-state index in [9.17, 15) is 22.5 Å². The molecule has 11 heteroatoms. The molecule has 0 bridgehead atoms. The summed E-state index contributed by atoms with van der Waals surface area (Å²) >= 11 is 0. The number of nitrogens with zero attached hydrogens (tertiary/aromatic N) is 3. The smallest absolute Gasteiger partial charge is 0.437 e. The lowest BCUT2D eigenvalue weighted by Crippen LogP contribution is -2.13. The summed E-state index contributed by atoms with van der Waals surface area (Å²) in [7, 11) is -3.04. The molecule has 0 fully saturated rings. The molecule has 7 nitrogen and oxygen atoms in total. The van der Waals surface area contributed by atoms with Crippen molar-refractivity contribution in [2.45, 2.75) is 5.75 Å². The van der Waals surface area contributed by atoms with Gasteiger partial charge < -0.3 is 15.0 Å². The van der Waals surface area contributed by atoms with Gasteiger partial charge in [-0.1, -0.05) is 22.2 Å². The monoisotopic (exact) mass is 438 g/mol. The molecule has 0 aliphatic carbocycles. The zero-order chi connectivity index (χ0) is 21.9. The van der Waals surface area contributed by atoms with E-state index in [0.29, 0.717) is 17.3 Å². The Bertz CT molecular complexity index is 1170. The highest BCUT2D eigenvalue weighted by Gasteiger charge is 2.15. The van der Waals surface area contributed by atoms with E-state index >= 15 is 0 Å². The second kappa shape index (κ2) is 8.59. The predicted molar refractivity (Wildman–Crippen MR) is 109 cm³/mol. The third kappa shape index (κ3) is 5.39. The van der Waals surface area contributed by atoms with E-state index < -0.39 is 33.7 Å². The molecule has 3 aromatic rings. The number of carboxylic acid groups (broad SMARTS) is 1. The lowest BCUT2D eigenvalue weighted by atomic mass is 10.1. The lowest BCUT2D eigenvalue weighted by Gasteiger charge is -2.17. The molecular weight excluding hydrogens is 421 g/mol. The van der Waals surface area contributed by atoms with Gasteiger partial charge in [0.15, 0.2) is 5.82 Å². The number of benzene rings is 2. The summed E-state index contributed by atoms with van der Waals surface area (Å²) < 4.78 is 54.8. The second-order valence-electron chi connectivity index (χ2n) is 6.47. The maximum atomic E-state index is 14.1. The fourth-order valence-electron chi connectivity index (χ4n) is 2.74. The van der Waals surface area contributed by atoms with E-state index in [4.69, 9.17) is 5.11 Å². The maximum Gasteiger partial charge on any atom is 0.437 e. The number of anilines is 2. The average molecular weight is 438 g/mol. The Balaban J connectivity index is 1.88. The van der Waals surface area contributed by atoms with Crippen LogP contribution < -0.4 is 5.32 Å². The van der Waals surface area contributed by atoms with Crippen LogP contribution in [0.15, 0.2) is 53.0 Å². The maximum absolute atomic E-state index is 14.1. The van der Waals surface area contributed by atoms with Crippen molar-refractivity contribution in [1.82, 2.24) is 9.97 Å². The van der Waals surface area contributed by atoms with Crippen LogP contribution in [0.1, 0.15) is 5.56 Å². The quantitative estimate of drug-likeness (QED) is 0.432. The number of thiol groups is 1. The number of carbonyl (C=O) groups is 1. The molecule has 1 aromatic heterocycles. The minimum atomic E-state index is -3.04. The number of rotatable bonds is 5. The molecule has 0 saturated heterocycles. The fourth-order valence-corrected chi connectivity index (χ4v) is 4.07. The Kier molecular flexibility index (Phi) is 6.13. The van der Waals surface area contributed by atoms with Crippen molar-refractivity contribution in [2.75, 3.05) is 11.6 Å². The number of halogens is 3. The van der Waals surface area contributed by atoms with Gasteiger partial charge in [0.2, 0.25) is 5.95 Å². The van der Waals surface area contributed by atoms with E-state index in [1.807, 2.05) is 0 Å². The van der Waals surface area contributed by atoms with E-state index in [1.165, 1.54) is 6.26 Å². The highest BCUT2D eigenvalue weighted by Crippen LogP contribution is 2.26. The summed E-state index contributed by atoms with van der Waals surface area (Å²) in [5.41, 5.74) is 0.523. The van der Waals surface area contributed by atoms with Gasteiger partial charge in [-0.25, -0.2) is 27.9 Å². The number of hydrogen-bond acceptors (Lipinski definition) is 4. The summed E-state index contributed by atoms with van der Waals surface area (Å²) in [6.07, 6.45) is 0.788. The number of hydrogen-bond donors (Lipinski definition) is 4. The van der Waals surface area contributed by atoms with Crippen LogP contribution >= 0.6 is 0 Å². The standard InChI is InChI=1S/C19H17F3N4O3S/c1-30(29,26-19(27)28)10-11-3-2-4-13(7-11)24-18-23-9-16(22)17(25-18)14-6-5-12(20)8-15(14)21/h2-9,30H,10H2,1H3,(H,26,29)(H,27,28)(H,23,24,25). The van der Waals surface area contributed by atoms with Gasteiger partial charge >= 0.3 is 6.09 Å². The SMILES string of the molecule is C[SH](O)(Cc1cccc(Nc2ncc(F)c(-c3ccc(F)cc3F)n2)c1)=NC(=O)O. The van der Waals surface area contributed by atoms with Crippen LogP contribution in [-0.2, 0) is 15.9 Å². The van der Waals surface area contributed by atoms with Crippen molar-refractivity contribution in [3.8, 4) is 11.3 Å². The third-order valence-electron chi connectivity index (χ3n) is 3.90. The normalized spacial score (nSPS) is 11.8. The number of aromatic nitrogens is 2. The number of amides is 1. The van der Waals surface area contributed by atoms with Gasteiger partial charge in [0.05, 0.1) is 6.20 Å². The molecule has 0 radical (unpaired) electrons. The molecule has 1 heterocycles. The van der Waals surface area contributed by atoms with Gasteiger partial charge in [-0.15, -0.1) is 0 Å². The van der Waals surface area contributed by atoms with Crippen LogP contribution in [-0.4, -0.2) is 32.0 Å². The first-order chi connectivity index (χ1) is 14.1. The van der Waals surface area contributed by atoms with Crippen LogP contribution in [0.4, 0.5) is 29.6 Å². The first-order valence-corrected chi connectivity index (χ1v) is 10.8. The molecule has 0 saturated carbocycles. The molecule has 2 aromatic carbocycles. The molecule has 0 atom stereocenters. The van der Waals surface area contributed by atoms with Gasteiger partial charge in [0.25, 0.3) is 0 Å². The van der Waals surface area contributed by atoms with Gasteiger partial charge in [-0.05, 0) is 36.1 Å². The van der Waals surface area contributed by atoms with Crippen molar-refractivity contribution in [3.05, 3.63) is 71.7 Å². The predicted octanol–water partition coefficient (Wildman–Crippen LogP) is 4.66. The molecule has 0 aliphatic heterocycles. The van der Waals surface area contributed by atoms with Crippen LogP contribution in [0.2, 0.25) is 0 Å². The van der Waals surface area contributed by atoms with Crippen molar-refractivity contribution >= 4 is 27.8 Å². The summed E-state index contributed by atoms with van der Waals surface area (Å²) in [5.74, 6) is -2.64. The number of nitrogens with one attached hydrogen (secondary N) is 1. The van der Waals surface area contributed by atoms with E-state index in [2.05, 4.69) is 19.6 Å². The Morgan fingerprint density at radius 1 is 1.17 bits per heavy atom. The Labute approximate surface area is 170 Å². The zero-order valence-corrected chi connectivity index (χ0v) is 16.4. The Morgan fingerprint density at radius 3 is 2.63 bits per heavy atom. The minimum absolute atomic E-state index is 0.0329. The first kappa shape index (κ1) is 21.4. The third-order valence-corrected chi connectivity index (χ3v) is 5.46. The van der Waals surface area contributed by atoms with Crippen molar-refractivity contribution in [3.63, 3.8) is 0 Å². The van der Waals surface area contributed by atoms with Crippen molar-refractivity contribution in [2.24, 2.45) is 4.36 Å². The molecule has 30 heavy (non-hydrogen) atoms. The lowest BCUT2D eigenvalue weighted by molar-refractivity contribution is 0.206. The highest BCUT2D eigenvalue weighted by atomic mass is 32.3. The zero-order valence-electron chi connectivity index (χ0n) is 15.6. The molecule has 3 rings (SSSR count). The summed E-state index contributed by atoms with van der Waals surface area (Å²) in [5, 5.41) is 11.6. The molecule has 0 spiro atoms. The van der Waals surface area contributed by atoms with Crippen LogP contribution in [0.5, 0.6) is 0 Å². The summed E-state index contributed by atoms with van der Waals surface area (Å²) in [6.45, 7) is 0. The molecule has 158 valence electrons.